The maximum Gasteiger partial charge on any atom is 0.129 e. The Morgan fingerprint density at radius 3 is 2.32 bits per heavy atom. The van der Waals surface area contributed by atoms with Gasteiger partial charge >= 0.3 is 0 Å². The molecule has 2 heterocycles. The zero-order chi connectivity index (χ0) is 13.7. The van der Waals surface area contributed by atoms with Crippen LogP contribution >= 0.6 is 0 Å². The zero-order valence-electron chi connectivity index (χ0n) is 12.0. The average Bonchev–Trinajstić information content (AvgIpc) is 2.85. The molecule has 5 nitrogen and oxygen atoms in total. The summed E-state index contributed by atoms with van der Waals surface area (Å²) in [6.07, 6.45) is 0. The monoisotopic (exact) mass is 267 g/mol. The molecule has 0 spiro atoms. The number of aliphatic hydroxyl groups excluding tert-OH is 1. The van der Waals surface area contributed by atoms with E-state index in [9.17, 15) is 0 Å². The lowest BCUT2D eigenvalue weighted by molar-refractivity contribution is 0.113. The molecular formula is C14H25N3O2. The second-order valence-corrected chi connectivity index (χ2v) is 5.45. The van der Waals surface area contributed by atoms with Gasteiger partial charge in [-0.2, -0.15) is 0 Å². The lowest BCUT2D eigenvalue weighted by Gasteiger charge is -2.34. The van der Waals surface area contributed by atoms with Crippen LogP contribution in [0.3, 0.4) is 0 Å². The maximum atomic E-state index is 8.98. The van der Waals surface area contributed by atoms with Gasteiger partial charge in [-0.25, -0.2) is 0 Å². The first-order chi connectivity index (χ1) is 9.17. The van der Waals surface area contributed by atoms with E-state index in [1.54, 1.807) is 0 Å². The van der Waals surface area contributed by atoms with E-state index in [4.69, 9.17) is 9.52 Å². The van der Waals surface area contributed by atoms with Gasteiger partial charge in [0.15, 0.2) is 0 Å². The van der Waals surface area contributed by atoms with Crippen LogP contribution in [-0.4, -0.2) is 73.2 Å². The molecule has 19 heavy (non-hydrogen) atoms. The van der Waals surface area contributed by atoms with Crippen molar-refractivity contribution in [3.8, 4) is 0 Å². The van der Waals surface area contributed by atoms with E-state index in [1.165, 1.54) is 0 Å². The molecule has 1 aliphatic rings. The van der Waals surface area contributed by atoms with Gasteiger partial charge in [-0.05, 0) is 26.2 Å². The van der Waals surface area contributed by atoms with E-state index < -0.39 is 0 Å². The summed E-state index contributed by atoms with van der Waals surface area (Å²) in [4.78, 5) is 7.15. The highest BCUT2D eigenvalue weighted by atomic mass is 16.4. The molecule has 2 rings (SSSR count). The fraction of sp³-hybridized carbons (Fsp3) is 0.714. The van der Waals surface area contributed by atoms with E-state index in [1.807, 2.05) is 12.1 Å². The van der Waals surface area contributed by atoms with Crippen LogP contribution < -0.4 is 0 Å². The second-order valence-electron chi connectivity index (χ2n) is 5.45. The van der Waals surface area contributed by atoms with Crippen LogP contribution in [0.4, 0.5) is 0 Å². The van der Waals surface area contributed by atoms with Gasteiger partial charge in [-0.15, -0.1) is 0 Å². The summed E-state index contributed by atoms with van der Waals surface area (Å²) >= 11 is 0. The molecule has 1 N–H and O–H groups in total. The normalized spacial score (nSPS) is 18.3. The Morgan fingerprint density at radius 1 is 1.11 bits per heavy atom. The Hall–Kier alpha value is -0.880. The van der Waals surface area contributed by atoms with Crippen LogP contribution in [0.15, 0.2) is 16.5 Å². The Balaban J connectivity index is 1.71. The average molecular weight is 267 g/mol. The Bertz CT molecular complexity index is 371. The number of aliphatic hydroxyl groups is 1. The predicted octanol–water partition coefficient (Wildman–Crippen LogP) is 0.451. The van der Waals surface area contributed by atoms with E-state index in [-0.39, 0.29) is 6.61 Å². The van der Waals surface area contributed by atoms with Crippen molar-refractivity contribution in [1.29, 1.82) is 0 Å². The van der Waals surface area contributed by atoms with E-state index in [0.717, 1.165) is 51.6 Å². The molecule has 0 bridgehead atoms. The van der Waals surface area contributed by atoms with Crippen LogP contribution in [0.1, 0.15) is 11.5 Å². The van der Waals surface area contributed by atoms with Crippen molar-refractivity contribution in [1.82, 2.24) is 14.7 Å². The van der Waals surface area contributed by atoms with Gasteiger partial charge in [-0.3, -0.25) is 9.80 Å². The first-order valence-corrected chi connectivity index (χ1v) is 6.95. The quantitative estimate of drug-likeness (QED) is 0.811. The first kappa shape index (κ1) is 14.5. The number of likely N-dealkylation sites (N-methyl/N-ethyl adjacent to an activating group) is 1. The van der Waals surface area contributed by atoms with Crippen molar-refractivity contribution in [2.24, 2.45) is 0 Å². The minimum atomic E-state index is -0.0156. The number of rotatable bonds is 6. The molecule has 0 unspecified atom stereocenters. The summed E-state index contributed by atoms with van der Waals surface area (Å²) in [6, 6.07) is 3.81. The molecule has 0 saturated carbocycles. The van der Waals surface area contributed by atoms with Crippen molar-refractivity contribution in [2.75, 3.05) is 53.4 Å². The molecule has 0 radical (unpaired) electrons. The standard InChI is InChI=1S/C14H25N3O2/c1-15(2)5-6-16-7-9-17(10-8-16)11-13-3-4-14(12-18)19-13/h3-4,18H,5-12H2,1-2H3. The van der Waals surface area contributed by atoms with Crippen molar-refractivity contribution >= 4 is 0 Å². The Morgan fingerprint density at radius 2 is 1.74 bits per heavy atom. The van der Waals surface area contributed by atoms with Gasteiger partial charge in [0.2, 0.25) is 0 Å². The SMILES string of the molecule is CN(C)CCN1CCN(Cc2ccc(CO)o2)CC1. The second kappa shape index (κ2) is 7.05. The molecule has 5 heteroatoms. The van der Waals surface area contributed by atoms with E-state index >= 15 is 0 Å². The van der Waals surface area contributed by atoms with Crippen molar-refractivity contribution < 1.29 is 9.52 Å². The van der Waals surface area contributed by atoms with E-state index in [2.05, 4.69) is 28.8 Å². The van der Waals surface area contributed by atoms with Gasteiger partial charge in [0.25, 0.3) is 0 Å². The minimum Gasteiger partial charge on any atom is -0.462 e. The van der Waals surface area contributed by atoms with Crippen LogP contribution in [0.2, 0.25) is 0 Å². The van der Waals surface area contributed by atoms with Gasteiger partial charge in [0.1, 0.15) is 18.1 Å². The Kier molecular flexibility index (Phi) is 5.39. The highest BCUT2D eigenvalue weighted by molar-refractivity contribution is 5.06. The molecule has 108 valence electrons. The summed E-state index contributed by atoms with van der Waals surface area (Å²) in [5.41, 5.74) is 0. The highest BCUT2D eigenvalue weighted by Crippen LogP contribution is 2.12. The van der Waals surface area contributed by atoms with Crippen LogP contribution in [-0.2, 0) is 13.2 Å². The van der Waals surface area contributed by atoms with Crippen molar-refractivity contribution in [2.45, 2.75) is 13.2 Å². The molecule has 1 aromatic heterocycles. The predicted molar refractivity (Wildman–Crippen MR) is 74.9 cm³/mol. The van der Waals surface area contributed by atoms with Gasteiger partial charge < -0.3 is 14.4 Å². The van der Waals surface area contributed by atoms with Gasteiger partial charge in [0, 0.05) is 39.3 Å². The molecule has 1 fully saturated rings. The maximum absolute atomic E-state index is 8.98. The van der Waals surface area contributed by atoms with E-state index in [0.29, 0.717) is 5.76 Å². The third kappa shape index (κ3) is 4.62. The Labute approximate surface area is 115 Å². The topological polar surface area (TPSA) is 43.1 Å². The number of piperazine rings is 1. The molecule has 1 aromatic rings. The summed E-state index contributed by atoms with van der Waals surface area (Å²) in [5.74, 6) is 1.60. The molecular weight excluding hydrogens is 242 g/mol. The van der Waals surface area contributed by atoms with Gasteiger partial charge in [-0.1, -0.05) is 0 Å². The molecule has 0 aliphatic carbocycles. The highest BCUT2D eigenvalue weighted by Gasteiger charge is 2.17. The summed E-state index contributed by atoms with van der Waals surface area (Å²) < 4.78 is 5.53. The van der Waals surface area contributed by atoms with Crippen LogP contribution in [0.5, 0.6) is 0 Å². The van der Waals surface area contributed by atoms with Crippen molar-refractivity contribution in [3.63, 3.8) is 0 Å². The zero-order valence-corrected chi connectivity index (χ0v) is 12.0. The fourth-order valence-electron chi connectivity index (χ4n) is 2.33. The number of nitrogens with zero attached hydrogens (tertiary/aromatic N) is 3. The molecule has 0 atom stereocenters. The number of furan rings is 1. The number of hydrogen-bond donors (Lipinski definition) is 1. The third-order valence-corrected chi connectivity index (χ3v) is 3.58. The fourth-order valence-corrected chi connectivity index (χ4v) is 2.33. The minimum absolute atomic E-state index is 0.0156. The van der Waals surface area contributed by atoms with Crippen LogP contribution in [0, 0.1) is 0 Å². The molecule has 1 aliphatic heterocycles. The summed E-state index contributed by atoms with van der Waals surface area (Å²) in [5, 5.41) is 8.98. The summed E-state index contributed by atoms with van der Waals surface area (Å²) in [7, 11) is 4.23. The molecule has 1 saturated heterocycles. The lowest BCUT2D eigenvalue weighted by Crippen LogP contribution is -2.47. The summed E-state index contributed by atoms with van der Waals surface area (Å²) in [6.45, 7) is 7.53. The largest absolute Gasteiger partial charge is 0.462 e. The lowest BCUT2D eigenvalue weighted by atomic mass is 10.3. The molecule has 0 aromatic carbocycles. The smallest absolute Gasteiger partial charge is 0.129 e. The number of hydrogen-bond acceptors (Lipinski definition) is 5. The van der Waals surface area contributed by atoms with Crippen LogP contribution in [0.25, 0.3) is 0 Å². The first-order valence-electron chi connectivity index (χ1n) is 6.95. The molecule has 0 amide bonds. The third-order valence-electron chi connectivity index (χ3n) is 3.58. The van der Waals surface area contributed by atoms with Crippen molar-refractivity contribution in [3.05, 3.63) is 23.7 Å². The van der Waals surface area contributed by atoms with Gasteiger partial charge in [0.05, 0.1) is 6.54 Å².